The molecule has 1 heterocycles. The fourth-order valence-electron chi connectivity index (χ4n) is 2.54. The molecule has 6 nitrogen and oxygen atoms in total. The number of rotatable bonds is 3. The summed E-state index contributed by atoms with van der Waals surface area (Å²) in [6.45, 7) is 6.74. The Kier molecular flexibility index (Phi) is 3.96. The maximum absolute atomic E-state index is 12.4. The van der Waals surface area contributed by atoms with Gasteiger partial charge in [0.25, 0.3) is 5.91 Å². The van der Waals surface area contributed by atoms with Crippen LogP contribution in [0.5, 0.6) is 0 Å². The van der Waals surface area contributed by atoms with Crippen LogP contribution >= 0.6 is 0 Å². The number of anilines is 1. The summed E-state index contributed by atoms with van der Waals surface area (Å²) in [4.78, 5) is 36.2. The van der Waals surface area contributed by atoms with E-state index in [0.717, 1.165) is 0 Å². The second kappa shape index (κ2) is 5.44. The number of hydrogen-bond donors (Lipinski definition) is 2. The van der Waals surface area contributed by atoms with Crippen LogP contribution in [0, 0.1) is 0 Å². The Labute approximate surface area is 129 Å². The van der Waals surface area contributed by atoms with E-state index >= 15 is 0 Å². The summed E-state index contributed by atoms with van der Waals surface area (Å²) in [7, 11) is 0. The molecule has 0 spiro atoms. The molecule has 6 heteroatoms. The monoisotopic (exact) mass is 304 g/mol. The van der Waals surface area contributed by atoms with E-state index < -0.39 is 23.0 Å². The van der Waals surface area contributed by atoms with Gasteiger partial charge < -0.3 is 15.4 Å². The van der Waals surface area contributed by atoms with Crippen LogP contribution in [0.1, 0.15) is 39.7 Å². The van der Waals surface area contributed by atoms with Gasteiger partial charge in [-0.1, -0.05) is 18.2 Å². The highest BCUT2D eigenvalue weighted by molar-refractivity contribution is 6.08. The van der Waals surface area contributed by atoms with Crippen molar-refractivity contribution in [1.82, 2.24) is 5.32 Å². The highest BCUT2D eigenvalue weighted by atomic mass is 16.6. The Morgan fingerprint density at radius 2 is 1.91 bits per heavy atom. The van der Waals surface area contributed by atoms with Gasteiger partial charge in [-0.25, -0.2) is 0 Å². The molecule has 118 valence electrons. The van der Waals surface area contributed by atoms with E-state index in [1.54, 1.807) is 24.3 Å². The minimum Gasteiger partial charge on any atom is -0.443 e. The Morgan fingerprint density at radius 3 is 2.50 bits per heavy atom. The molecule has 1 aromatic carbocycles. The standard InChI is InChI=1S/C16H20N2O4/c1-10(19)22-16(9-13(20)18-15(2,3)4)11-7-5-6-8-12(11)17-14(16)21/h5-8H,9H2,1-4H3,(H,17,21)(H,18,20). The third kappa shape index (κ3) is 3.10. The average molecular weight is 304 g/mol. The Balaban J connectivity index is 2.40. The number of esters is 1. The van der Waals surface area contributed by atoms with Gasteiger partial charge in [-0.2, -0.15) is 0 Å². The lowest BCUT2D eigenvalue weighted by molar-refractivity contribution is -0.167. The first-order chi connectivity index (χ1) is 10.1. The number of nitrogens with one attached hydrogen (secondary N) is 2. The molecule has 1 unspecified atom stereocenters. The first-order valence-corrected chi connectivity index (χ1v) is 7.06. The lowest BCUT2D eigenvalue weighted by Crippen LogP contribution is -2.47. The van der Waals surface area contributed by atoms with E-state index in [2.05, 4.69) is 10.6 Å². The highest BCUT2D eigenvalue weighted by Gasteiger charge is 2.51. The van der Waals surface area contributed by atoms with E-state index in [9.17, 15) is 14.4 Å². The largest absolute Gasteiger partial charge is 0.443 e. The van der Waals surface area contributed by atoms with Crippen LogP contribution in [0.2, 0.25) is 0 Å². The molecule has 0 saturated heterocycles. The summed E-state index contributed by atoms with van der Waals surface area (Å²) >= 11 is 0. The van der Waals surface area contributed by atoms with E-state index in [-0.39, 0.29) is 12.3 Å². The van der Waals surface area contributed by atoms with Crippen molar-refractivity contribution < 1.29 is 19.1 Å². The van der Waals surface area contributed by atoms with Gasteiger partial charge in [0, 0.05) is 23.7 Å². The molecular formula is C16H20N2O4. The van der Waals surface area contributed by atoms with Gasteiger partial charge >= 0.3 is 5.97 Å². The minimum atomic E-state index is -1.61. The van der Waals surface area contributed by atoms with E-state index in [4.69, 9.17) is 4.74 Å². The van der Waals surface area contributed by atoms with Crippen molar-refractivity contribution in [2.24, 2.45) is 0 Å². The van der Waals surface area contributed by atoms with Crippen molar-refractivity contribution in [3.05, 3.63) is 29.8 Å². The van der Waals surface area contributed by atoms with Crippen LogP contribution in [0.3, 0.4) is 0 Å². The van der Waals surface area contributed by atoms with E-state index in [1.807, 2.05) is 20.8 Å². The van der Waals surface area contributed by atoms with Gasteiger partial charge in [0.1, 0.15) is 0 Å². The Morgan fingerprint density at radius 1 is 1.27 bits per heavy atom. The normalized spacial score (nSPS) is 20.1. The molecule has 1 aliphatic rings. The lowest BCUT2D eigenvalue weighted by Gasteiger charge is -2.28. The summed E-state index contributed by atoms with van der Waals surface area (Å²) in [5, 5.41) is 5.45. The summed E-state index contributed by atoms with van der Waals surface area (Å²) in [5.41, 5.74) is -1.00. The molecule has 0 radical (unpaired) electrons. The smallest absolute Gasteiger partial charge is 0.304 e. The van der Waals surface area contributed by atoms with Crippen LogP contribution < -0.4 is 10.6 Å². The zero-order chi connectivity index (χ0) is 16.5. The predicted octanol–water partition coefficient (Wildman–Crippen LogP) is 1.70. The van der Waals surface area contributed by atoms with Crippen molar-refractivity contribution in [1.29, 1.82) is 0 Å². The molecule has 22 heavy (non-hydrogen) atoms. The van der Waals surface area contributed by atoms with Gasteiger partial charge in [-0.15, -0.1) is 0 Å². The quantitative estimate of drug-likeness (QED) is 0.832. The summed E-state index contributed by atoms with van der Waals surface area (Å²) in [6.07, 6.45) is -0.257. The Hall–Kier alpha value is -2.37. The van der Waals surface area contributed by atoms with Crippen LogP contribution in [0.25, 0.3) is 0 Å². The molecule has 2 rings (SSSR count). The number of hydrogen-bond acceptors (Lipinski definition) is 4. The molecule has 0 fully saturated rings. The molecule has 0 saturated carbocycles. The SMILES string of the molecule is CC(=O)OC1(CC(=O)NC(C)(C)C)C(=O)Nc2ccccc21. The number of carbonyl (C=O) groups is 3. The maximum atomic E-state index is 12.4. The minimum absolute atomic E-state index is 0.257. The zero-order valence-corrected chi connectivity index (χ0v) is 13.1. The van der Waals surface area contributed by atoms with Crippen LogP contribution in [0.15, 0.2) is 24.3 Å². The fraction of sp³-hybridized carbons (Fsp3) is 0.438. The molecule has 1 aliphatic heterocycles. The molecular weight excluding hydrogens is 284 g/mol. The zero-order valence-electron chi connectivity index (χ0n) is 13.1. The second-order valence-corrected chi connectivity index (χ2v) is 6.40. The number of para-hydroxylation sites is 1. The van der Waals surface area contributed by atoms with Crippen LogP contribution in [-0.2, 0) is 24.7 Å². The van der Waals surface area contributed by atoms with Gasteiger partial charge in [-0.3, -0.25) is 14.4 Å². The number of ether oxygens (including phenoxy) is 1. The lowest BCUT2D eigenvalue weighted by atomic mass is 9.90. The first kappa shape index (κ1) is 16.0. The average Bonchev–Trinajstić information content (AvgIpc) is 2.59. The summed E-state index contributed by atoms with van der Waals surface area (Å²) in [5.74, 6) is -1.48. The fourth-order valence-corrected chi connectivity index (χ4v) is 2.54. The molecule has 1 atom stereocenters. The van der Waals surface area contributed by atoms with Crippen molar-refractivity contribution >= 4 is 23.5 Å². The van der Waals surface area contributed by atoms with Gasteiger partial charge in [0.05, 0.1) is 6.42 Å². The van der Waals surface area contributed by atoms with Gasteiger partial charge in [0.2, 0.25) is 11.5 Å². The second-order valence-electron chi connectivity index (χ2n) is 6.40. The predicted molar refractivity (Wildman–Crippen MR) is 81.0 cm³/mol. The third-order valence-corrected chi connectivity index (χ3v) is 3.22. The molecule has 2 amide bonds. The van der Waals surface area contributed by atoms with Crippen LogP contribution in [-0.4, -0.2) is 23.3 Å². The van der Waals surface area contributed by atoms with Gasteiger partial charge in [0.15, 0.2) is 0 Å². The summed E-state index contributed by atoms with van der Waals surface area (Å²) < 4.78 is 5.31. The van der Waals surface area contributed by atoms with Crippen molar-refractivity contribution in [3.8, 4) is 0 Å². The third-order valence-electron chi connectivity index (χ3n) is 3.22. The number of fused-ring (bicyclic) bond motifs is 1. The van der Waals surface area contributed by atoms with Gasteiger partial charge in [-0.05, 0) is 26.8 Å². The number of benzene rings is 1. The molecule has 2 N–H and O–H groups in total. The molecule has 0 aliphatic carbocycles. The van der Waals surface area contributed by atoms with Crippen LogP contribution in [0.4, 0.5) is 5.69 Å². The van der Waals surface area contributed by atoms with Crippen molar-refractivity contribution in [3.63, 3.8) is 0 Å². The topological polar surface area (TPSA) is 84.5 Å². The molecule has 0 bridgehead atoms. The molecule has 1 aromatic rings. The molecule has 0 aromatic heterocycles. The highest BCUT2D eigenvalue weighted by Crippen LogP contribution is 2.41. The number of carbonyl (C=O) groups excluding carboxylic acids is 3. The van der Waals surface area contributed by atoms with Crippen molar-refractivity contribution in [2.45, 2.75) is 45.3 Å². The Bertz CT molecular complexity index is 633. The first-order valence-electron chi connectivity index (χ1n) is 7.06. The van der Waals surface area contributed by atoms with Crippen molar-refractivity contribution in [2.75, 3.05) is 5.32 Å². The van der Waals surface area contributed by atoms with E-state index in [0.29, 0.717) is 11.3 Å². The summed E-state index contributed by atoms with van der Waals surface area (Å²) in [6, 6.07) is 6.89. The van der Waals surface area contributed by atoms with E-state index in [1.165, 1.54) is 6.92 Å². The maximum Gasteiger partial charge on any atom is 0.304 e. The number of amides is 2.